The van der Waals surface area contributed by atoms with Gasteiger partial charge in [0.15, 0.2) is 0 Å². The van der Waals surface area contributed by atoms with Crippen molar-refractivity contribution < 1.29 is 4.79 Å². The molecule has 46 valence electrons. The van der Waals surface area contributed by atoms with E-state index in [2.05, 4.69) is 4.72 Å². The van der Waals surface area contributed by atoms with Gasteiger partial charge >= 0.3 is 0 Å². The van der Waals surface area contributed by atoms with E-state index in [1.165, 1.54) is 6.08 Å². The Morgan fingerprint density at radius 1 is 1.88 bits per heavy atom. The molecular weight excluding hydrogens is 146 g/mol. The summed E-state index contributed by atoms with van der Waals surface area (Å²) >= 11 is 0. The van der Waals surface area contributed by atoms with Crippen molar-refractivity contribution in [1.82, 2.24) is 4.72 Å². The summed E-state index contributed by atoms with van der Waals surface area (Å²) in [6.07, 6.45) is 3.26. The zero-order valence-electron chi connectivity index (χ0n) is 4.35. The van der Waals surface area contributed by atoms with Gasteiger partial charge in [0.25, 0.3) is 5.91 Å². The fraction of sp³-hybridized carbons (Fsp3) is 0.250. The third kappa shape index (κ3) is 1.17. The number of halogens is 1. The highest BCUT2D eigenvalue weighted by atomic mass is 35.7. The largest absolute Gasteiger partial charge is 0.299 e. The average molecular weight is 152 g/mol. The van der Waals surface area contributed by atoms with E-state index in [9.17, 15) is 4.79 Å². The predicted octanol–water partition coefficient (Wildman–Crippen LogP) is 1.13. The lowest BCUT2D eigenvalue weighted by atomic mass is 10.6. The zero-order valence-corrected chi connectivity index (χ0v) is 5.92. The van der Waals surface area contributed by atoms with Gasteiger partial charge in [-0.15, -0.1) is 0 Å². The number of hydrogen-bond acceptors (Lipinski definition) is 1. The lowest BCUT2D eigenvalue weighted by molar-refractivity contribution is -0.114. The quantitative estimate of drug-likeness (QED) is 0.553. The molecule has 2 nitrogen and oxygen atoms in total. The van der Waals surface area contributed by atoms with Crippen LogP contribution in [0.4, 0.5) is 0 Å². The maximum atomic E-state index is 10.4. The van der Waals surface area contributed by atoms with E-state index in [0.29, 0.717) is 0 Å². The molecule has 1 N–H and O–H groups in total. The van der Waals surface area contributed by atoms with Gasteiger partial charge in [0.05, 0.1) is 0 Å². The molecule has 1 heterocycles. The van der Waals surface area contributed by atoms with Crippen LogP contribution in [0.2, 0.25) is 0 Å². The molecule has 4 heteroatoms. The summed E-state index contributed by atoms with van der Waals surface area (Å²) < 4.78 is 2.59. The Morgan fingerprint density at radius 2 is 2.50 bits per heavy atom. The molecular formula is C4H6ClNOS. The molecule has 1 aliphatic heterocycles. The molecule has 1 atom stereocenters. The minimum absolute atomic E-state index is 0.0856. The van der Waals surface area contributed by atoms with Crippen LogP contribution in [0.5, 0.6) is 0 Å². The van der Waals surface area contributed by atoms with E-state index < -0.39 is 9.43 Å². The van der Waals surface area contributed by atoms with E-state index in [1.54, 1.807) is 11.7 Å². The van der Waals surface area contributed by atoms with Crippen molar-refractivity contribution in [1.29, 1.82) is 0 Å². The van der Waals surface area contributed by atoms with Gasteiger partial charge in [0.1, 0.15) is 0 Å². The van der Waals surface area contributed by atoms with Crippen LogP contribution >= 0.6 is 20.1 Å². The summed E-state index contributed by atoms with van der Waals surface area (Å²) in [5.74, 6) is -0.0856. The van der Waals surface area contributed by atoms with Crippen LogP contribution in [0.25, 0.3) is 0 Å². The van der Waals surface area contributed by atoms with Crippen LogP contribution in [0, 0.1) is 0 Å². The van der Waals surface area contributed by atoms with E-state index in [0.717, 1.165) is 0 Å². The molecule has 1 aliphatic rings. The SMILES string of the molecule is CS1(Cl)C=CC(=O)N1. The molecule has 0 spiro atoms. The first-order valence-electron chi connectivity index (χ1n) is 2.08. The second kappa shape index (κ2) is 1.67. The van der Waals surface area contributed by atoms with Gasteiger partial charge in [-0.05, 0) is 22.3 Å². The summed E-state index contributed by atoms with van der Waals surface area (Å²) in [6, 6.07) is 0. The molecule has 1 unspecified atom stereocenters. The number of amides is 1. The van der Waals surface area contributed by atoms with Crippen LogP contribution < -0.4 is 4.72 Å². The van der Waals surface area contributed by atoms with Crippen LogP contribution in [0.1, 0.15) is 0 Å². The second-order valence-corrected chi connectivity index (χ2v) is 5.80. The summed E-state index contributed by atoms with van der Waals surface area (Å²) in [7, 11) is 4.32. The average Bonchev–Trinajstić information content (AvgIpc) is 1.82. The highest BCUT2D eigenvalue weighted by molar-refractivity contribution is 8.51. The first kappa shape index (κ1) is 5.98. The van der Waals surface area contributed by atoms with E-state index in [4.69, 9.17) is 10.7 Å². The number of carbonyl (C=O) groups is 1. The summed E-state index contributed by atoms with van der Waals surface area (Å²) in [6.45, 7) is 0. The number of rotatable bonds is 0. The van der Waals surface area contributed by atoms with Gasteiger partial charge in [-0.2, -0.15) is 0 Å². The van der Waals surface area contributed by atoms with E-state index in [1.807, 2.05) is 0 Å². The Labute approximate surface area is 53.9 Å². The maximum absolute atomic E-state index is 10.4. The monoisotopic (exact) mass is 151 g/mol. The van der Waals surface area contributed by atoms with Crippen molar-refractivity contribution in [2.75, 3.05) is 6.26 Å². The Balaban J connectivity index is 2.72. The van der Waals surface area contributed by atoms with Gasteiger partial charge in [-0.25, -0.2) is 0 Å². The van der Waals surface area contributed by atoms with Crippen molar-refractivity contribution in [3.8, 4) is 0 Å². The smallest absolute Gasteiger partial charge is 0.254 e. The number of hydrogen-bond donors (Lipinski definition) is 1. The van der Waals surface area contributed by atoms with Crippen molar-refractivity contribution in [3.05, 3.63) is 11.5 Å². The molecule has 0 saturated carbocycles. The van der Waals surface area contributed by atoms with Crippen molar-refractivity contribution >= 4 is 26.0 Å². The van der Waals surface area contributed by atoms with Crippen LogP contribution in [0.15, 0.2) is 11.5 Å². The molecule has 0 aromatic carbocycles. The lowest BCUT2D eigenvalue weighted by Crippen LogP contribution is -2.13. The molecule has 0 saturated heterocycles. The fourth-order valence-corrected chi connectivity index (χ4v) is 1.75. The van der Waals surface area contributed by atoms with Crippen molar-refractivity contribution in [2.45, 2.75) is 0 Å². The van der Waals surface area contributed by atoms with E-state index in [-0.39, 0.29) is 5.91 Å². The molecule has 0 bridgehead atoms. The molecule has 0 aromatic heterocycles. The Hall–Kier alpha value is -0.150. The minimum Gasteiger partial charge on any atom is -0.299 e. The third-order valence-electron chi connectivity index (χ3n) is 0.775. The third-order valence-corrected chi connectivity index (χ3v) is 2.56. The molecule has 1 rings (SSSR count). The number of nitrogens with one attached hydrogen (secondary N) is 1. The molecule has 8 heavy (non-hydrogen) atoms. The summed E-state index contributed by atoms with van der Waals surface area (Å²) in [5.41, 5.74) is 0. The normalized spacial score (nSPS) is 43.5. The first-order valence-corrected chi connectivity index (χ1v) is 5.01. The van der Waals surface area contributed by atoms with Crippen LogP contribution in [0.3, 0.4) is 0 Å². The minimum atomic E-state index is -1.40. The predicted molar refractivity (Wildman–Crippen MR) is 36.7 cm³/mol. The van der Waals surface area contributed by atoms with Gasteiger partial charge in [-0.3, -0.25) is 9.52 Å². The fourth-order valence-electron chi connectivity index (χ4n) is 0.454. The van der Waals surface area contributed by atoms with Gasteiger partial charge < -0.3 is 0 Å². The molecule has 0 fully saturated rings. The topological polar surface area (TPSA) is 29.1 Å². The van der Waals surface area contributed by atoms with Crippen molar-refractivity contribution in [2.24, 2.45) is 0 Å². The molecule has 1 amide bonds. The second-order valence-electron chi connectivity index (χ2n) is 1.65. The standard InChI is InChI=1S/C4H6ClNOS/c1-8(5)3-2-4(7)6-8/h2-3H,1H3,(H,6,7). The Morgan fingerprint density at radius 3 is 2.62 bits per heavy atom. The Bertz CT molecular complexity index is 154. The highest BCUT2D eigenvalue weighted by Crippen LogP contribution is 2.48. The molecule has 0 radical (unpaired) electrons. The molecule has 0 aliphatic carbocycles. The highest BCUT2D eigenvalue weighted by Gasteiger charge is 2.18. The Kier molecular flexibility index (Phi) is 1.25. The van der Waals surface area contributed by atoms with Crippen molar-refractivity contribution in [3.63, 3.8) is 0 Å². The first-order chi connectivity index (χ1) is 3.60. The number of carbonyl (C=O) groups excluding carboxylic acids is 1. The maximum Gasteiger partial charge on any atom is 0.254 e. The van der Waals surface area contributed by atoms with Gasteiger partial charge in [0.2, 0.25) is 0 Å². The van der Waals surface area contributed by atoms with E-state index >= 15 is 0 Å². The zero-order chi connectivity index (χ0) is 6.20. The van der Waals surface area contributed by atoms with Gasteiger partial charge in [0, 0.05) is 6.08 Å². The summed E-state index contributed by atoms with van der Waals surface area (Å²) in [4.78, 5) is 10.4. The lowest BCUT2D eigenvalue weighted by Gasteiger charge is -2.17. The summed E-state index contributed by atoms with van der Waals surface area (Å²) in [5, 5.41) is 1.71. The van der Waals surface area contributed by atoms with Gasteiger partial charge in [-0.1, -0.05) is 9.43 Å². The van der Waals surface area contributed by atoms with Crippen LogP contribution in [-0.4, -0.2) is 12.2 Å². The van der Waals surface area contributed by atoms with Crippen LogP contribution in [-0.2, 0) is 4.79 Å². The molecule has 0 aromatic rings.